The fourth-order valence-electron chi connectivity index (χ4n) is 1.71. The molecule has 0 spiro atoms. The van der Waals surface area contributed by atoms with Gasteiger partial charge in [-0.3, -0.25) is 0 Å². The number of benzene rings is 1. The first-order chi connectivity index (χ1) is 8.47. The molecule has 1 aromatic carbocycles. The third-order valence-electron chi connectivity index (χ3n) is 3.29. The van der Waals surface area contributed by atoms with Crippen LogP contribution in [0.3, 0.4) is 0 Å². The molecule has 1 atom stereocenters. The summed E-state index contributed by atoms with van der Waals surface area (Å²) < 4.78 is 5.70. The first-order valence-corrected chi connectivity index (χ1v) is 6.64. The lowest BCUT2D eigenvalue weighted by Gasteiger charge is -2.18. The van der Waals surface area contributed by atoms with Crippen LogP contribution in [-0.4, -0.2) is 11.0 Å². The summed E-state index contributed by atoms with van der Waals surface area (Å²) in [5.74, 6) is 1.73. The van der Waals surface area contributed by atoms with Crippen LogP contribution in [-0.2, 0) is 0 Å². The summed E-state index contributed by atoms with van der Waals surface area (Å²) in [4.78, 5) is 4.52. The Morgan fingerprint density at radius 3 is 2.44 bits per heavy atom. The SMILES string of the molecule is CC(C)c1nc2cc(NC(C)C(C)C)ccc2o1. The molecule has 3 heteroatoms. The van der Waals surface area contributed by atoms with Crippen LogP contribution in [0, 0.1) is 5.92 Å². The fraction of sp³-hybridized carbons (Fsp3) is 0.533. The van der Waals surface area contributed by atoms with Gasteiger partial charge in [0.1, 0.15) is 5.52 Å². The molecule has 0 radical (unpaired) electrons. The molecule has 1 N–H and O–H groups in total. The molecule has 98 valence electrons. The van der Waals surface area contributed by atoms with Crippen LogP contribution >= 0.6 is 0 Å². The van der Waals surface area contributed by atoms with Crippen molar-refractivity contribution in [3.05, 3.63) is 24.1 Å². The van der Waals surface area contributed by atoms with Crippen LogP contribution in [0.15, 0.2) is 22.6 Å². The maximum absolute atomic E-state index is 5.70. The summed E-state index contributed by atoms with van der Waals surface area (Å²) in [6.07, 6.45) is 0. The maximum Gasteiger partial charge on any atom is 0.198 e. The van der Waals surface area contributed by atoms with E-state index in [1.807, 2.05) is 6.07 Å². The van der Waals surface area contributed by atoms with E-state index in [9.17, 15) is 0 Å². The van der Waals surface area contributed by atoms with Gasteiger partial charge in [0.05, 0.1) is 0 Å². The molecular formula is C15H22N2O. The fourth-order valence-corrected chi connectivity index (χ4v) is 1.71. The summed E-state index contributed by atoms with van der Waals surface area (Å²) in [6, 6.07) is 6.54. The second-order valence-electron chi connectivity index (χ2n) is 5.57. The van der Waals surface area contributed by atoms with Gasteiger partial charge in [-0.2, -0.15) is 0 Å². The molecule has 2 rings (SSSR count). The van der Waals surface area contributed by atoms with Gasteiger partial charge in [-0.25, -0.2) is 4.98 Å². The van der Waals surface area contributed by atoms with Crippen molar-refractivity contribution in [3.63, 3.8) is 0 Å². The molecule has 0 aliphatic heterocycles. The summed E-state index contributed by atoms with van der Waals surface area (Å²) in [7, 11) is 0. The zero-order valence-corrected chi connectivity index (χ0v) is 11.8. The molecule has 0 bridgehead atoms. The van der Waals surface area contributed by atoms with Crippen molar-refractivity contribution in [2.45, 2.75) is 46.6 Å². The average molecular weight is 246 g/mol. The molecule has 3 nitrogen and oxygen atoms in total. The second-order valence-corrected chi connectivity index (χ2v) is 5.57. The Morgan fingerprint density at radius 2 is 1.83 bits per heavy atom. The molecule has 2 aromatic rings. The third-order valence-corrected chi connectivity index (χ3v) is 3.29. The zero-order chi connectivity index (χ0) is 13.3. The molecule has 1 unspecified atom stereocenters. The summed E-state index contributed by atoms with van der Waals surface area (Å²) >= 11 is 0. The maximum atomic E-state index is 5.70. The monoisotopic (exact) mass is 246 g/mol. The molecule has 0 fully saturated rings. The average Bonchev–Trinajstić information content (AvgIpc) is 2.71. The number of nitrogens with zero attached hydrogens (tertiary/aromatic N) is 1. The largest absolute Gasteiger partial charge is 0.440 e. The molecule has 1 aromatic heterocycles. The van der Waals surface area contributed by atoms with Crippen molar-refractivity contribution in [1.82, 2.24) is 4.98 Å². The summed E-state index contributed by atoms with van der Waals surface area (Å²) in [5, 5.41) is 3.49. The zero-order valence-electron chi connectivity index (χ0n) is 11.8. The van der Waals surface area contributed by atoms with E-state index in [0.29, 0.717) is 17.9 Å². The number of nitrogens with one attached hydrogen (secondary N) is 1. The lowest BCUT2D eigenvalue weighted by molar-refractivity contribution is 0.501. The lowest BCUT2D eigenvalue weighted by Crippen LogP contribution is -2.21. The van der Waals surface area contributed by atoms with E-state index in [2.05, 4.69) is 57.1 Å². The highest BCUT2D eigenvalue weighted by atomic mass is 16.3. The number of anilines is 1. The van der Waals surface area contributed by atoms with Crippen molar-refractivity contribution >= 4 is 16.8 Å². The minimum atomic E-state index is 0.323. The Labute approximate surface area is 109 Å². The minimum absolute atomic E-state index is 0.323. The highest BCUT2D eigenvalue weighted by Crippen LogP contribution is 2.24. The number of hydrogen-bond donors (Lipinski definition) is 1. The molecule has 0 aliphatic carbocycles. The van der Waals surface area contributed by atoms with Crippen LogP contribution in [0.2, 0.25) is 0 Å². The topological polar surface area (TPSA) is 38.1 Å². The Kier molecular flexibility index (Phi) is 3.60. The molecule has 0 saturated carbocycles. The predicted molar refractivity (Wildman–Crippen MR) is 76.0 cm³/mol. The summed E-state index contributed by atoms with van der Waals surface area (Å²) in [5.41, 5.74) is 2.90. The summed E-state index contributed by atoms with van der Waals surface area (Å²) in [6.45, 7) is 10.8. The van der Waals surface area contributed by atoms with Gasteiger partial charge < -0.3 is 9.73 Å². The quantitative estimate of drug-likeness (QED) is 0.868. The van der Waals surface area contributed by atoms with Gasteiger partial charge in [0, 0.05) is 17.6 Å². The number of rotatable bonds is 4. The Balaban J connectivity index is 2.26. The highest BCUT2D eigenvalue weighted by molar-refractivity contribution is 5.77. The van der Waals surface area contributed by atoms with Crippen molar-refractivity contribution < 1.29 is 4.42 Å². The van der Waals surface area contributed by atoms with Gasteiger partial charge in [-0.15, -0.1) is 0 Å². The number of aromatic nitrogens is 1. The van der Waals surface area contributed by atoms with Gasteiger partial charge in [-0.05, 0) is 31.0 Å². The first-order valence-electron chi connectivity index (χ1n) is 6.64. The van der Waals surface area contributed by atoms with Crippen LogP contribution in [0.4, 0.5) is 5.69 Å². The Hall–Kier alpha value is -1.51. The van der Waals surface area contributed by atoms with Crippen LogP contribution in [0.1, 0.15) is 46.4 Å². The normalized spacial score (nSPS) is 13.5. The van der Waals surface area contributed by atoms with E-state index in [1.165, 1.54) is 0 Å². The van der Waals surface area contributed by atoms with Crippen LogP contribution in [0.25, 0.3) is 11.1 Å². The van der Waals surface area contributed by atoms with Gasteiger partial charge in [-0.1, -0.05) is 27.7 Å². The Bertz CT molecular complexity index is 528. The second kappa shape index (κ2) is 5.01. The van der Waals surface area contributed by atoms with Crippen molar-refractivity contribution in [2.24, 2.45) is 5.92 Å². The van der Waals surface area contributed by atoms with Crippen molar-refractivity contribution in [3.8, 4) is 0 Å². The molecule has 0 saturated heterocycles. The van der Waals surface area contributed by atoms with Gasteiger partial charge in [0.15, 0.2) is 11.5 Å². The third kappa shape index (κ3) is 2.66. The molecule has 0 amide bonds. The van der Waals surface area contributed by atoms with E-state index in [4.69, 9.17) is 4.42 Å². The van der Waals surface area contributed by atoms with Gasteiger partial charge >= 0.3 is 0 Å². The van der Waals surface area contributed by atoms with Crippen molar-refractivity contribution in [2.75, 3.05) is 5.32 Å². The van der Waals surface area contributed by atoms with E-state index in [0.717, 1.165) is 22.7 Å². The molecule has 0 aliphatic rings. The number of oxazole rings is 1. The molecular weight excluding hydrogens is 224 g/mol. The Morgan fingerprint density at radius 1 is 1.11 bits per heavy atom. The van der Waals surface area contributed by atoms with Gasteiger partial charge in [0.25, 0.3) is 0 Å². The molecule has 18 heavy (non-hydrogen) atoms. The standard InChI is InChI=1S/C15H22N2O/c1-9(2)11(5)16-12-6-7-14-13(8-12)17-15(18-14)10(3)4/h6-11,16H,1-5H3. The van der Waals surface area contributed by atoms with Crippen LogP contribution < -0.4 is 5.32 Å². The van der Waals surface area contributed by atoms with Crippen molar-refractivity contribution in [1.29, 1.82) is 0 Å². The minimum Gasteiger partial charge on any atom is -0.440 e. The highest BCUT2D eigenvalue weighted by Gasteiger charge is 2.11. The van der Waals surface area contributed by atoms with E-state index in [1.54, 1.807) is 0 Å². The van der Waals surface area contributed by atoms with Crippen LogP contribution in [0.5, 0.6) is 0 Å². The number of hydrogen-bond acceptors (Lipinski definition) is 3. The first kappa shape index (κ1) is 12.9. The van der Waals surface area contributed by atoms with E-state index in [-0.39, 0.29) is 0 Å². The number of fused-ring (bicyclic) bond motifs is 1. The molecule has 1 heterocycles. The smallest absolute Gasteiger partial charge is 0.198 e. The van der Waals surface area contributed by atoms with Gasteiger partial charge in [0.2, 0.25) is 0 Å². The van der Waals surface area contributed by atoms with E-state index < -0.39 is 0 Å². The lowest BCUT2D eigenvalue weighted by atomic mass is 10.1. The predicted octanol–water partition coefficient (Wildman–Crippen LogP) is 4.41. The van der Waals surface area contributed by atoms with E-state index >= 15 is 0 Å².